The third-order valence-electron chi connectivity index (χ3n) is 4.68. The first-order chi connectivity index (χ1) is 13.8. The number of halogens is 1. The number of benzene rings is 1. The van der Waals surface area contributed by atoms with E-state index in [1.807, 2.05) is 50.0 Å². The number of hydrogen-bond donors (Lipinski definition) is 0. The van der Waals surface area contributed by atoms with Crippen molar-refractivity contribution >= 4 is 45.0 Å². The third kappa shape index (κ3) is 5.11. The average molecular weight is 452 g/mol. The van der Waals surface area contributed by atoms with Crippen molar-refractivity contribution in [2.24, 2.45) is 0 Å². The van der Waals surface area contributed by atoms with Crippen molar-refractivity contribution in [2.75, 3.05) is 39.2 Å². The Balaban J connectivity index is 0.00000320. The lowest BCUT2D eigenvalue weighted by Gasteiger charge is -2.20. The summed E-state index contributed by atoms with van der Waals surface area (Å²) in [6.45, 7) is 7.55. The predicted octanol–water partition coefficient (Wildman–Crippen LogP) is 4.41. The van der Waals surface area contributed by atoms with E-state index in [9.17, 15) is 4.79 Å². The van der Waals surface area contributed by atoms with Gasteiger partial charge in [-0.15, -0.1) is 12.4 Å². The zero-order valence-electron chi connectivity index (χ0n) is 18.4. The maximum absolute atomic E-state index is 13.4. The molecule has 0 N–H and O–H groups in total. The van der Waals surface area contributed by atoms with Crippen LogP contribution in [0, 0.1) is 6.92 Å². The topological polar surface area (TPSA) is 63.5 Å². The van der Waals surface area contributed by atoms with Gasteiger partial charge in [-0.1, -0.05) is 17.4 Å². The molecule has 0 aliphatic heterocycles. The number of ether oxygens (including phenoxy) is 1. The molecule has 3 rings (SSSR count). The van der Waals surface area contributed by atoms with Crippen LogP contribution in [0.15, 0.2) is 24.3 Å². The third-order valence-corrected chi connectivity index (χ3v) is 5.73. The Kier molecular flexibility index (Phi) is 8.23. The number of anilines is 1. The van der Waals surface area contributed by atoms with Gasteiger partial charge in [-0.3, -0.25) is 14.4 Å². The molecule has 0 spiro atoms. The molecule has 2 heterocycles. The molecule has 30 heavy (non-hydrogen) atoms. The number of rotatable bonds is 8. The lowest BCUT2D eigenvalue weighted by Crippen LogP contribution is -2.33. The molecule has 0 unspecified atom stereocenters. The van der Waals surface area contributed by atoms with E-state index in [2.05, 4.69) is 23.8 Å². The minimum Gasteiger partial charge on any atom is -0.494 e. The fourth-order valence-electron chi connectivity index (χ4n) is 3.27. The summed E-state index contributed by atoms with van der Waals surface area (Å²) < 4.78 is 8.32. The fourth-order valence-corrected chi connectivity index (χ4v) is 4.28. The number of hydrogen-bond acceptors (Lipinski definition) is 6. The van der Waals surface area contributed by atoms with Crippen molar-refractivity contribution in [1.29, 1.82) is 0 Å². The van der Waals surface area contributed by atoms with E-state index in [-0.39, 0.29) is 24.4 Å². The lowest BCUT2D eigenvalue weighted by molar-refractivity contribution is 0.0980. The van der Waals surface area contributed by atoms with Gasteiger partial charge in [0.15, 0.2) is 10.8 Å². The Morgan fingerprint density at radius 3 is 2.60 bits per heavy atom. The SMILES string of the molecule is COc1cccc2sc(N(CCCN(C)C)C(=O)c3cc(C)n(C(C)C)n3)nc12.Cl. The Morgan fingerprint density at radius 2 is 2.00 bits per heavy atom. The molecule has 0 saturated carbocycles. The minimum absolute atomic E-state index is 0. The van der Waals surface area contributed by atoms with Crippen LogP contribution < -0.4 is 9.64 Å². The number of amides is 1. The van der Waals surface area contributed by atoms with Crippen molar-refractivity contribution in [1.82, 2.24) is 19.7 Å². The molecule has 2 aromatic heterocycles. The molecule has 0 aliphatic carbocycles. The first-order valence-corrected chi connectivity index (χ1v) is 10.6. The van der Waals surface area contributed by atoms with Crippen molar-refractivity contribution in [3.8, 4) is 5.75 Å². The van der Waals surface area contributed by atoms with Crippen LogP contribution in [0.5, 0.6) is 5.75 Å². The Hall–Kier alpha value is -2.16. The normalized spacial score (nSPS) is 11.2. The van der Waals surface area contributed by atoms with Crippen molar-refractivity contribution < 1.29 is 9.53 Å². The molecule has 0 bridgehead atoms. The summed E-state index contributed by atoms with van der Waals surface area (Å²) in [6.07, 6.45) is 0.843. The summed E-state index contributed by atoms with van der Waals surface area (Å²) in [4.78, 5) is 22.0. The van der Waals surface area contributed by atoms with Crippen LogP contribution in [-0.4, -0.2) is 59.9 Å². The summed E-state index contributed by atoms with van der Waals surface area (Å²) in [5, 5.41) is 5.22. The number of aromatic nitrogens is 3. The van der Waals surface area contributed by atoms with Gasteiger partial charge in [-0.25, -0.2) is 4.98 Å². The summed E-state index contributed by atoms with van der Waals surface area (Å²) >= 11 is 1.50. The maximum Gasteiger partial charge on any atom is 0.280 e. The highest BCUT2D eigenvalue weighted by Crippen LogP contribution is 2.34. The van der Waals surface area contributed by atoms with Crippen molar-refractivity contribution in [2.45, 2.75) is 33.2 Å². The van der Waals surface area contributed by atoms with Gasteiger partial charge >= 0.3 is 0 Å². The minimum atomic E-state index is -0.121. The van der Waals surface area contributed by atoms with E-state index in [0.717, 1.165) is 28.9 Å². The van der Waals surface area contributed by atoms with Gasteiger partial charge in [-0.2, -0.15) is 5.10 Å². The lowest BCUT2D eigenvalue weighted by atomic mass is 10.3. The van der Waals surface area contributed by atoms with Gasteiger partial charge < -0.3 is 9.64 Å². The number of nitrogens with zero attached hydrogens (tertiary/aromatic N) is 5. The molecule has 0 radical (unpaired) electrons. The van der Waals surface area contributed by atoms with Crippen molar-refractivity contribution in [3.05, 3.63) is 35.7 Å². The quantitative estimate of drug-likeness (QED) is 0.507. The van der Waals surface area contributed by atoms with Gasteiger partial charge in [0.1, 0.15) is 11.3 Å². The largest absolute Gasteiger partial charge is 0.494 e. The summed E-state index contributed by atoms with van der Waals surface area (Å²) in [7, 11) is 5.69. The summed E-state index contributed by atoms with van der Waals surface area (Å²) in [5.41, 5.74) is 2.21. The number of fused-ring (bicyclic) bond motifs is 1. The smallest absolute Gasteiger partial charge is 0.280 e. The highest BCUT2D eigenvalue weighted by atomic mass is 35.5. The number of carbonyl (C=O) groups excluding carboxylic acids is 1. The molecular weight excluding hydrogens is 422 g/mol. The second-order valence-corrected chi connectivity index (χ2v) is 8.64. The molecule has 7 nitrogen and oxygen atoms in total. The van der Waals surface area contributed by atoms with Crippen LogP contribution in [0.1, 0.15) is 42.5 Å². The maximum atomic E-state index is 13.4. The summed E-state index contributed by atoms with van der Waals surface area (Å²) in [5.74, 6) is 0.592. The van der Waals surface area contributed by atoms with Gasteiger partial charge in [-0.05, 0) is 66.0 Å². The van der Waals surface area contributed by atoms with Crippen LogP contribution in [0.2, 0.25) is 0 Å². The number of para-hydroxylation sites is 1. The Morgan fingerprint density at radius 1 is 1.27 bits per heavy atom. The zero-order valence-corrected chi connectivity index (χ0v) is 20.0. The van der Waals surface area contributed by atoms with Crippen LogP contribution in [-0.2, 0) is 0 Å². The fraction of sp³-hybridized carbons (Fsp3) is 0.476. The molecule has 1 aromatic carbocycles. The van der Waals surface area contributed by atoms with Gasteiger partial charge in [0, 0.05) is 18.3 Å². The van der Waals surface area contributed by atoms with E-state index in [0.29, 0.717) is 23.1 Å². The monoisotopic (exact) mass is 451 g/mol. The van der Waals surface area contributed by atoms with Crippen molar-refractivity contribution in [3.63, 3.8) is 0 Å². The van der Waals surface area contributed by atoms with E-state index in [1.165, 1.54) is 11.3 Å². The molecule has 9 heteroatoms. The summed E-state index contributed by atoms with van der Waals surface area (Å²) in [6, 6.07) is 7.88. The first kappa shape index (κ1) is 24.1. The molecule has 164 valence electrons. The van der Waals surface area contributed by atoms with Gasteiger partial charge in [0.25, 0.3) is 5.91 Å². The highest BCUT2D eigenvalue weighted by molar-refractivity contribution is 7.22. The standard InChI is InChI=1S/C21H29N5O2S.ClH/c1-14(2)26-15(3)13-16(23-26)20(27)25(12-8-11-24(4)5)21-22-19-17(28-6)9-7-10-18(19)29-21;/h7,9-10,13-14H,8,11-12H2,1-6H3;1H. The number of aryl methyl sites for hydroxylation is 1. The van der Waals surface area contributed by atoms with E-state index in [4.69, 9.17) is 9.72 Å². The molecule has 1 amide bonds. The molecule has 0 saturated heterocycles. The van der Waals surface area contributed by atoms with Crippen LogP contribution in [0.4, 0.5) is 5.13 Å². The van der Waals surface area contributed by atoms with E-state index >= 15 is 0 Å². The Bertz CT molecular complexity index is 999. The van der Waals surface area contributed by atoms with Crippen LogP contribution in [0.25, 0.3) is 10.2 Å². The van der Waals surface area contributed by atoms with Gasteiger partial charge in [0.05, 0.1) is 11.8 Å². The number of thiazole rings is 1. The second-order valence-electron chi connectivity index (χ2n) is 7.63. The first-order valence-electron chi connectivity index (χ1n) is 9.78. The number of carbonyl (C=O) groups is 1. The predicted molar refractivity (Wildman–Crippen MR) is 126 cm³/mol. The van der Waals surface area contributed by atoms with E-state index in [1.54, 1.807) is 12.0 Å². The van der Waals surface area contributed by atoms with Crippen LogP contribution >= 0.6 is 23.7 Å². The molecule has 3 aromatic rings. The molecule has 0 fully saturated rings. The molecule has 0 aliphatic rings. The Labute approximate surface area is 188 Å². The highest BCUT2D eigenvalue weighted by Gasteiger charge is 2.25. The molecule has 0 atom stereocenters. The zero-order chi connectivity index (χ0) is 21.1. The van der Waals surface area contributed by atoms with Gasteiger partial charge in [0.2, 0.25) is 0 Å². The van der Waals surface area contributed by atoms with Crippen LogP contribution in [0.3, 0.4) is 0 Å². The van der Waals surface area contributed by atoms with E-state index < -0.39 is 0 Å². The second kappa shape index (κ2) is 10.2. The number of methoxy groups -OCH3 is 1. The average Bonchev–Trinajstić information content (AvgIpc) is 3.27. The molecular formula is C21H30ClN5O2S.